The van der Waals surface area contributed by atoms with E-state index in [9.17, 15) is 14.4 Å². The quantitative estimate of drug-likeness (QED) is 0.403. The lowest BCUT2D eigenvalue weighted by Crippen LogP contribution is -2.42. The van der Waals surface area contributed by atoms with Gasteiger partial charge in [0.2, 0.25) is 0 Å². The van der Waals surface area contributed by atoms with Crippen LogP contribution in [0.15, 0.2) is 23.1 Å². The molecule has 1 aromatic carbocycles. The molecule has 8 heteroatoms. The van der Waals surface area contributed by atoms with E-state index in [1.54, 1.807) is 24.3 Å². The first-order chi connectivity index (χ1) is 12.9. The Morgan fingerprint density at radius 2 is 2.07 bits per heavy atom. The van der Waals surface area contributed by atoms with Crippen LogP contribution in [0.1, 0.15) is 19.4 Å². The molecule has 0 aromatic heterocycles. The molecule has 0 saturated carbocycles. The van der Waals surface area contributed by atoms with Crippen molar-refractivity contribution in [2.24, 2.45) is 0 Å². The van der Waals surface area contributed by atoms with E-state index >= 15 is 0 Å². The van der Waals surface area contributed by atoms with Crippen LogP contribution in [-0.2, 0) is 14.3 Å². The van der Waals surface area contributed by atoms with Crippen LogP contribution in [0.5, 0.6) is 11.5 Å². The molecule has 142 valence electrons. The van der Waals surface area contributed by atoms with Gasteiger partial charge in [-0.1, -0.05) is 12.0 Å². The number of carbonyl (C=O) groups is 3. The molecule has 0 spiro atoms. The van der Waals surface area contributed by atoms with E-state index in [4.69, 9.17) is 15.9 Å². The second-order valence-corrected chi connectivity index (χ2v) is 6.38. The van der Waals surface area contributed by atoms with E-state index in [1.165, 1.54) is 14.0 Å². The van der Waals surface area contributed by atoms with Crippen molar-refractivity contribution in [2.45, 2.75) is 19.9 Å². The van der Waals surface area contributed by atoms with Gasteiger partial charge in [0.05, 0.1) is 18.6 Å². The summed E-state index contributed by atoms with van der Waals surface area (Å²) >= 11 is 0.762. The van der Waals surface area contributed by atoms with Crippen molar-refractivity contribution in [1.82, 2.24) is 4.90 Å². The normalized spacial score (nSPS) is 16.2. The lowest BCUT2D eigenvalue weighted by Gasteiger charge is -2.18. The molecule has 2 amide bonds. The Morgan fingerprint density at radius 3 is 2.70 bits per heavy atom. The van der Waals surface area contributed by atoms with Crippen molar-refractivity contribution >= 4 is 35.0 Å². The highest BCUT2D eigenvalue weighted by atomic mass is 32.2. The number of rotatable bonds is 7. The number of hydrogen-bond acceptors (Lipinski definition) is 7. The van der Waals surface area contributed by atoms with Gasteiger partial charge in [-0.05, 0) is 49.4 Å². The summed E-state index contributed by atoms with van der Waals surface area (Å²) in [7, 11) is 1.20. The number of imide groups is 1. The number of ether oxygens (including phenoxy) is 3. The van der Waals surface area contributed by atoms with Crippen molar-refractivity contribution < 1.29 is 28.6 Å². The average molecular weight is 389 g/mol. The summed E-state index contributed by atoms with van der Waals surface area (Å²) < 4.78 is 15.6. The molecular formula is C19H19NO6S. The van der Waals surface area contributed by atoms with Gasteiger partial charge in [0.15, 0.2) is 11.5 Å². The van der Waals surface area contributed by atoms with Crippen LogP contribution in [0.25, 0.3) is 6.08 Å². The van der Waals surface area contributed by atoms with Gasteiger partial charge >= 0.3 is 5.97 Å². The first-order valence-electron chi connectivity index (χ1n) is 8.10. The zero-order valence-electron chi connectivity index (χ0n) is 15.2. The third-order valence-electron chi connectivity index (χ3n) is 3.63. The van der Waals surface area contributed by atoms with E-state index in [-0.39, 0.29) is 11.5 Å². The van der Waals surface area contributed by atoms with Crippen LogP contribution in [0.3, 0.4) is 0 Å². The van der Waals surface area contributed by atoms with Gasteiger partial charge in [0.1, 0.15) is 12.6 Å². The fourth-order valence-corrected chi connectivity index (χ4v) is 3.27. The van der Waals surface area contributed by atoms with Gasteiger partial charge in [-0.3, -0.25) is 14.5 Å². The number of methoxy groups -OCH3 is 1. The number of carbonyl (C=O) groups excluding carboxylic acids is 3. The largest absolute Gasteiger partial charge is 0.490 e. The maximum atomic E-state index is 12.5. The molecule has 1 saturated heterocycles. The molecule has 1 atom stereocenters. The summed E-state index contributed by atoms with van der Waals surface area (Å²) in [5, 5.41) is -0.525. The Balaban J connectivity index is 2.29. The standard InChI is InChI=1S/C19H19NO6S/c1-5-9-26-14-8-7-13(10-15(14)25-6-2)11-16-17(21)20(19(23)27-16)12(3)18(22)24-4/h1,7-8,10-12H,6,9H2,2-4H3/b16-11+. The monoisotopic (exact) mass is 389 g/mol. The Bertz CT molecular complexity index is 826. The van der Waals surface area contributed by atoms with E-state index in [0.717, 1.165) is 16.7 Å². The van der Waals surface area contributed by atoms with Crippen molar-refractivity contribution in [3.8, 4) is 23.8 Å². The van der Waals surface area contributed by atoms with E-state index in [2.05, 4.69) is 10.7 Å². The second-order valence-electron chi connectivity index (χ2n) is 5.38. The minimum Gasteiger partial charge on any atom is -0.490 e. The van der Waals surface area contributed by atoms with Gasteiger partial charge in [0, 0.05) is 0 Å². The first-order valence-corrected chi connectivity index (χ1v) is 8.92. The summed E-state index contributed by atoms with van der Waals surface area (Å²) in [6.07, 6.45) is 6.76. The summed E-state index contributed by atoms with van der Waals surface area (Å²) in [6.45, 7) is 3.79. The molecule has 2 rings (SSSR count). The van der Waals surface area contributed by atoms with Crippen LogP contribution in [-0.4, -0.2) is 48.4 Å². The van der Waals surface area contributed by atoms with E-state index in [0.29, 0.717) is 23.7 Å². The third-order valence-corrected chi connectivity index (χ3v) is 4.51. The average Bonchev–Trinajstić information content (AvgIpc) is 2.93. The molecule has 1 aromatic rings. The molecule has 1 aliphatic rings. The number of thioether (sulfide) groups is 1. The van der Waals surface area contributed by atoms with Crippen molar-refractivity contribution in [1.29, 1.82) is 0 Å². The summed E-state index contributed by atoms with van der Waals surface area (Å²) in [5.41, 5.74) is 0.641. The maximum absolute atomic E-state index is 12.5. The number of hydrogen-bond donors (Lipinski definition) is 0. The Kier molecular flexibility index (Phi) is 6.91. The predicted octanol–water partition coefficient (Wildman–Crippen LogP) is 2.70. The molecule has 1 fully saturated rings. The first kappa shape index (κ1) is 20.4. The molecule has 1 heterocycles. The maximum Gasteiger partial charge on any atom is 0.328 e. The number of esters is 1. The van der Waals surface area contributed by atoms with Crippen LogP contribution in [0.4, 0.5) is 4.79 Å². The highest BCUT2D eigenvalue weighted by Crippen LogP contribution is 2.35. The topological polar surface area (TPSA) is 82.1 Å². The minimum atomic E-state index is -0.994. The molecule has 1 aliphatic heterocycles. The molecular weight excluding hydrogens is 370 g/mol. The van der Waals surface area contributed by atoms with Crippen LogP contribution < -0.4 is 9.47 Å². The van der Waals surface area contributed by atoms with Crippen molar-refractivity contribution in [3.63, 3.8) is 0 Å². The smallest absolute Gasteiger partial charge is 0.328 e. The number of terminal acetylenes is 1. The highest BCUT2D eigenvalue weighted by molar-refractivity contribution is 8.18. The number of amides is 2. The lowest BCUT2D eigenvalue weighted by molar-refractivity contribution is -0.148. The van der Waals surface area contributed by atoms with Crippen LogP contribution >= 0.6 is 11.8 Å². The Labute approximate surface area is 161 Å². The molecule has 0 radical (unpaired) electrons. The number of nitrogens with zero attached hydrogens (tertiary/aromatic N) is 1. The second kappa shape index (κ2) is 9.14. The number of benzene rings is 1. The minimum absolute atomic E-state index is 0.101. The van der Waals surface area contributed by atoms with Gasteiger partial charge < -0.3 is 14.2 Å². The predicted molar refractivity (Wildman–Crippen MR) is 101 cm³/mol. The van der Waals surface area contributed by atoms with Crippen LogP contribution in [0, 0.1) is 12.3 Å². The van der Waals surface area contributed by atoms with Gasteiger partial charge in [-0.15, -0.1) is 6.42 Å². The zero-order chi connectivity index (χ0) is 20.0. The van der Waals surface area contributed by atoms with E-state index in [1.807, 2.05) is 6.92 Å². The highest BCUT2D eigenvalue weighted by Gasteiger charge is 2.41. The lowest BCUT2D eigenvalue weighted by atomic mass is 10.1. The molecule has 1 unspecified atom stereocenters. The fraction of sp³-hybridized carbons (Fsp3) is 0.316. The van der Waals surface area contributed by atoms with E-state index < -0.39 is 23.2 Å². The Morgan fingerprint density at radius 1 is 1.33 bits per heavy atom. The SMILES string of the molecule is C#CCOc1ccc(/C=C2/SC(=O)N(C(C)C(=O)OC)C2=O)cc1OCC. The van der Waals surface area contributed by atoms with Crippen molar-refractivity contribution in [3.05, 3.63) is 28.7 Å². The van der Waals surface area contributed by atoms with Crippen LogP contribution in [0.2, 0.25) is 0 Å². The summed E-state index contributed by atoms with van der Waals surface area (Å²) in [6, 6.07) is 4.08. The fourth-order valence-electron chi connectivity index (χ4n) is 2.36. The summed E-state index contributed by atoms with van der Waals surface area (Å²) in [4.78, 5) is 37.4. The summed E-state index contributed by atoms with van der Waals surface area (Å²) in [5.74, 6) is 2.13. The van der Waals surface area contributed by atoms with Crippen molar-refractivity contribution in [2.75, 3.05) is 20.3 Å². The Hall–Kier alpha value is -2.92. The van der Waals surface area contributed by atoms with Gasteiger partial charge in [-0.25, -0.2) is 4.79 Å². The molecule has 27 heavy (non-hydrogen) atoms. The van der Waals surface area contributed by atoms with Gasteiger partial charge in [0.25, 0.3) is 11.1 Å². The van der Waals surface area contributed by atoms with Gasteiger partial charge in [-0.2, -0.15) is 0 Å². The molecule has 7 nitrogen and oxygen atoms in total. The zero-order valence-corrected chi connectivity index (χ0v) is 16.0. The third kappa shape index (κ3) is 4.63. The molecule has 0 bridgehead atoms. The molecule has 0 N–H and O–H groups in total. The molecule has 0 aliphatic carbocycles.